The van der Waals surface area contributed by atoms with Crippen molar-refractivity contribution in [2.45, 2.75) is 12.8 Å². The Morgan fingerprint density at radius 1 is 1.03 bits per heavy atom. The highest BCUT2D eigenvalue weighted by molar-refractivity contribution is 9.11. The van der Waals surface area contributed by atoms with Crippen molar-refractivity contribution in [3.63, 3.8) is 0 Å². The first kappa shape index (κ1) is 25.2. The molecule has 3 aromatic carbocycles. The zero-order chi connectivity index (χ0) is 24.2. The van der Waals surface area contributed by atoms with Gasteiger partial charge in [0, 0.05) is 10.5 Å². The van der Waals surface area contributed by atoms with Crippen LogP contribution in [0.2, 0.25) is 0 Å². The van der Waals surface area contributed by atoms with Crippen LogP contribution in [0.5, 0.6) is 5.75 Å². The standard InChI is InChI=1S/C21H13Br3F3N3O3/c22-15-4-1-12(2-5-15)11-33-20-16(23)7-13(8-17(20)24)10-28-29-18-6-3-14(21(25,26)27)9-19(18)30(31)32/h1-10,29H,11H2/b28-10-. The molecule has 3 rings (SSSR count). The zero-order valence-corrected chi connectivity index (χ0v) is 21.1. The van der Waals surface area contributed by atoms with Gasteiger partial charge >= 0.3 is 6.18 Å². The summed E-state index contributed by atoms with van der Waals surface area (Å²) in [5.41, 5.74) is 1.98. The van der Waals surface area contributed by atoms with Gasteiger partial charge in [-0.05, 0) is 79.4 Å². The van der Waals surface area contributed by atoms with Gasteiger partial charge < -0.3 is 4.74 Å². The fraction of sp³-hybridized carbons (Fsp3) is 0.0952. The Morgan fingerprint density at radius 3 is 2.24 bits per heavy atom. The summed E-state index contributed by atoms with van der Waals surface area (Å²) in [6, 6.07) is 13.3. The van der Waals surface area contributed by atoms with Crippen LogP contribution in [0.4, 0.5) is 24.5 Å². The van der Waals surface area contributed by atoms with E-state index in [0.717, 1.165) is 22.2 Å². The molecule has 0 amide bonds. The van der Waals surface area contributed by atoms with Crippen LogP contribution in [0, 0.1) is 10.1 Å². The molecule has 0 bridgehead atoms. The third-order valence-corrected chi connectivity index (χ3v) is 5.94. The molecule has 3 aromatic rings. The Labute approximate surface area is 211 Å². The van der Waals surface area contributed by atoms with E-state index in [-0.39, 0.29) is 5.69 Å². The number of hydrogen-bond acceptors (Lipinski definition) is 5. The maximum Gasteiger partial charge on any atom is 0.416 e. The second-order valence-electron chi connectivity index (χ2n) is 6.59. The normalized spacial score (nSPS) is 11.6. The number of nitrogens with zero attached hydrogens (tertiary/aromatic N) is 2. The molecule has 0 saturated carbocycles. The van der Waals surface area contributed by atoms with E-state index in [4.69, 9.17) is 4.74 Å². The maximum atomic E-state index is 12.8. The van der Waals surface area contributed by atoms with Gasteiger partial charge in [-0.25, -0.2) is 0 Å². The summed E-state index contributed by atoms with van der Waals surface area (Å²) in [4.78, 5) is 10.3. The predicted molar refractivity (Wildman–Crippen MR) is 130 cm³/mol. The Hall–Kier alpha value is -2.44. The van der Waals surface area contributed by atoms with E-state index in [2.05, 4.69) is 58.3 Å². The first-order chi connectivity index (χ1) is 15.5. The highest BCUT2D eigenvalue weighted by Gasteiger charge is 2.33. The van der Waals surface area contributed by atoms with Crippen LogP contribution in [0.25, 0.3) is 0 Å². The number of hydrazone groups is 1. The van der Waals surface area contributed by atoms with Crippen molar-refractivity contribution in [3.8, 4) is 5.75 Å². The van der Waals surface area contributed by atoms with Crippen LogP contribution in [-0.4, -0.2) is 11.1 Å². The number of rotatable bonds is 7. The molecule has 0 fully saturated rings. The van der Waals surface area contributed by atoms with Crippen LogP contribution in [0.3, 0.4) is 0 Å². The molecule has 33 heavy (non-hydrogen) atoms. The molecule has 0 aliphatic rings. The molecule has 0 aliphatic carbocycles. The summed E-state index contributed by atoms with van der Waals surface area (Å²) >= 11 is 10.3. The minimum absolute atomic E-state index is 0.170. The highest BCUT2D eigenvalue weighted by Crippen LogP contribution is 2.36. The van der Waals surface area contributed by atoms with E-state index >= 15 is 0 Å². The van der Waals surface area contributed by atoms with Crippen LogP contribution in [-0.2, 0) is 12.8 Å². The number of alkyl halides is 3. The van der Waals surface area contributed by atoms with Crippen molar-refractivity contribution in [1.82, 2.24) is 0 Å². The molecule has 172 valence electrons. The van der Waals surface area contributed by atoms with Crippen molar-refractivity contribution >= 4 is 65.4 Å². The minimum Gasteiger partial charge on any atom is -0.487 e. The van der Waals surface area contributed by atoms with Gasteiger partial charge in [-0.3, -0.25) is 15.5 Å². The summed E-state index contributed by atoms with van der Waals surface area (Å²) in [6.07, 6.45) is -3.32. The number of anilines is 1. The lowest BCUT2D eigenvalue weighted by Crippen LogP contribution is -2.06. The number of halogens is 6. The summed E-state index contributed by atoms with van der Waals surface area (Å²) in [6.45, 7) is 0.344. The molecule has 1 N–H and O–H groups in total. The smallest absolute Gasteiger partial charge is 0.416 e. The Kier molecular flexibility index (Phi) is 8.14. The van der Waals surface area contributed by atoms with Gasteiger partial charge in [0.05, 0.1) is 25.6 Å². The van der Waals surface area contributed by atoms with Gasteiger partial charge in [0.1, 0.15) is 18.0 Å². The van der Waals surface area contributed by atoms with E-state index in [1.54, 1.807) is 12.1 Å². The van der Waals surface area contributed by atoms with Crippen molar-refractivity contribution in [1.29, 1.82) is 0 Å². The van der Waals surface area contributed by atoms with Gasteiger partial charge in [-0.15, -0.1) is 0 Å². The van der Waals surface area contributed by atoms with Crippen LogP contribution in [0.1, 0.15) is 16.7 Å². The van der Waals surface area contributed by atoms with Crippen molar-refractivity contribution in [2.24, 2.45) is 5.10 Å². The summed E-state index contributed by atoms with van der Waals surface area (Å²) in [7, 11) is 0. The molecule has 0 saturated heterocycles. The molecule has 0 heterocycles. The zero-order valence-electron chi connectivity index (χ0n) is 16.4. The molecular formula is C21H13Br3F3N3O3. The average molecular weight is 652 g/mol. The van der Waals surface area contributed by atoms with Crippen molar-refractivity contribution in [3.05, 3.63) is 94.8 Å². The summed E-state index contributed by atoms with van der Waals surface area (Å²) in [5.74, 6) is 0.571. The molecule has 0 atom stereocenters. The Balaban J connectivity index is 1.73. The molecule has 0 radical (unpaired) electrons. The van der Waals surface area contributed by atoms with Gasteiger partial charge in [0.25, 0.3) is 5.69 Å². The molecule has 6 nitrogen and oxygen atoms in total. The number of nitro groups is 1. The van der Waals surface area contributed by atoms with Crippen molar-refractivity contribution in [2.75, 3.05) is 5.43 Å². The van der Waals surface area contributed by atoms with E-state index < -0.39 is 22.4 Å². The lowest BCUT2D eigenvalue weighted by atomic mass is 10.1. The predicted octanol–water partition coefficient (Wildman–Crippen LogP) is 7.93. The van der Waals surface area contributed by atoms with E-state index in [1.165, 1.54) is 6.21 Å². The molecule has 0 aliphatic heterocycles. The summed E-state index contributed by atoms with van der Waals surface area (Å²) < 4.78 is 46.6. The van der Waals surface area contributed by atoms with E-state index in [0.29, 0.717) is 32.9 Å². The number of benzene rings is 3. The second kappa shape index (κ2) is 10.7. The fourth-order valence-corrected chi connectivity index (χ4v) is 4.37. The van der Waals surface area contributed by atoms with E-state index in [9.17, 15) is 23.3 Å². The first-order valence-corrected chi connectivity index (χ1v) is 11.4. The molecular weight excluding hydrogens is 639 g/mol. The van der Waals surface area contributed by atoms with E-state index in [1.807, 2.05) is 24.3 Å². The Bertz CT molecular complexity index is 1180. The first-order valence-electron chi connectivity index (χ1n) is 9.05. The lowest BCUT2D eigenvalue weighted by molar-refractivity contribution is -0.384. The van der Waals surface area contributed by atoms with Crippen LogP contribution >= 0.6 is 47.8 Å². The van der Waals surface area contributed by atoms with Crippen LogP contribution in [0.15, 0.2) is 73.1 Å². The topological polar surface area (TPSA) is 76.8 Å². The molecule has 0 aromatic heterocycles. The largest absolute Gasteiger partial charge is 0.487 e. The number of nitro benzene ring substituents is 1. The maximum absolute atomic E-state index is 12.8. The van der Waals surface area contributed by atoms with Crippen molar-refractivity contribution < 1.29 is 22.8 Å². The highest BCUT2D eigenvalue weighted by atomic mass is 79.9. The number of nitrogens with one attached hydrogen (secondary N) is 1. The molecule has 12 heteroatoms. The fourth-order valence-electron chi connectivity index (χ4n) is 2.66. The Morgan fingerprint density at radius 2 is 1.67 bits per heavy atom. The number of ether oxygens (including phenoxy) is 1. The quantitative estimate of drug-likeness (QED) is 0.160. The van der Waals surface area contributed by atoms with Crippen LogP contribution < -0.4 is 10.2 Å². The average Bonchev–Trinajstić information content (AvgIpc) is 2.73. The van der Waals surface area contributed by atoms with Gasteiger partial charge in [-0.2, -0.15) is 18.3 Å². The van der Waals surface area contributed by atoms with Gasteiger partial charge in [0.2, 0.25) is 0 Å². The van der Waals surface area contributed by atoms with Gasteiger partial charge in [-0.1, -0.05) is 28.1 Å². The van der Waals surface area contributed by atoms with Gasteiger partial charge in [0.15, 0.2) is 0 Å². The lowest BCUT2D eigenvalue weighted by Gasteiger charge is -2.11. The SMILES string of the molecule is O=[N+]([O-])c1cc(C(F)(F)F)ccc1N/N=C\c1cc(Br)c(OCc2ccc(Br)cc2)c(Br)c1. The number of hydrogen-bond donors (Lipinski definition) is 1. The molecule has 0 unspecified atom stereocenters. The summed E-state index contributed by atoms with van der Waals surface area (Å²) in [5, 5.41) is 15.1. The second-order valence-corrected chi connectivity index (χ2v) is 9.21. The molecule has 0 spiro atoms. The monoisotopic (exact) mass is 649 g/mol. The third kappa shape index (κ3) is 6.78. The third-order valence-electron chi connectivity index (χ3n) is 4.24. The minimum atomic E-state index is -4.69.